The monoisotopic (exact) mass is 283 g/mol. The third-order valence-electron chi connectivity index (χ3n) is 3.77. The molecule has 0 fully saturated rings. The molecular formula is C16H29NO3. The molecule has 0 bridgehead atoms. The quantitative estimate of drug-likeness (QED) is 0.727. The minimum atomic E-state index is -0.418. The Morgan fingerprint density at radius 1 is 1.40 bits per heavy atom. The number of hydrogen-bond acceptors (Lipinski definition) is 4. The van der Waals surface area contributed by atoms with Crippen molar-refractivity contribution in [3.63, 3.8) is 0 Å². The summed E-state index contributed by atoms with van der Waals surface area (Å²) in [5, 5.41) is 0. The number of ether oxygens (including phenoxy) is 2. The van der Waals surface area contributed by atoms with Gasteiger partial charge in [-0.2, -0.15) is 0 Å². The van der Waals surface area contributed by atoms with Crippen LogP contribution in [-0.4, -0.2) is 44.2 Å². The van der Waals surface area contributed by atoms with Crippen LogP contribution in [0.2, 0.25) is 0 Å². The first-order valence-corrected chi connectivity index (χ1v) is 7.45. The largest absolute Gasteiger partial charge is 0.501 e. The van der Waals surface area contributed by atoms with Crippen LogP contribution in [-0.2, 0) is 14.3 Å². The number of carbonyl (C=O) groups is 1. The van der Waals surface area contributed by atoms with E-state index in [1.165, 1.54) is 0 Å². The second kappa shape index (κ2) is 7.67. The molecule has 0 aliphatic heterocycles. The molecule has 0 N–H and O–H groups in total. The Balaban J connectivity index is 2.30. The van der Waals surface area contributed by atoms with E-state index >= 15 is 0 Å². The first kappa shape index (κ1) is 17.0. The van der Waals surface area contributed by atoms with Gasteiger partial charge in [-0.3, -0.25) is 4.79 Å². The molecule has 4 heteroatoms. The molecule has 1 aliphatic rings. The highest BCUT2D eigenvalue weighted by molar-refractivity contribution is 5.75. The molecule has 1 aliphatic carbocycles. The summed E-state index contributed by atoms with van der Waals surface area (Å²) >= 11 is 0. The fraction of sp³-hybridized carbons (Fsp3) is 0.812. The molecule has 0 saturated carbocycles. The summed E-state index contributed by atoms with van der Waals surface area (Å²) in [5.74, 6) is 0.968. The number of allylic oxidation sites excluding steroid dienone is 2. The first-order chi connectivity index (χ1) is 9.34. The topological polar surface area (TPSA) is 38.8 Å². The van der Waals surface area contributed by atoms with E-state index in [2.05, 4.69) is 18.0 Å². The Morgan fingerprint density at radius 3 is 2.70 bits per heavy atom. The summed E-state index contributed by atoms with van der Waals surface area (Å²) in [4.78, 5) is 14.0. The van der Waals surface area contributed by atoms with Crippen molar-refractivity contribution < 1.29 is 14.3 Å². The Kier molecular flexibility index (Phi) is 6.53. The molecule has 116 valence electrons. The molecule has 0 amide bonds. The van der Waals surface area contributed by atoms with Crippen molar-refractivity contribution in [1.29, 1.82) is 0 Å². The van der Waals surface area contributed by atoms with Crippen molar-refractivity contribution in [2.75, 3.05) is 27.3 Å². The summed E-state index contributed by atoms with van der Waals surface area (Å²) in [6.07, 6.45) is 6.47. The predicted molar refractivity (Wildman–Crippen MR) is 80.4 cm³/mol. The predicted octanol–water partition coefficient (Wildman–Crippen LogP) is 2.98. The summed E-state index contributed by atoms with van der Waals surface area (Å²) in [7, 11) is 3.84. The van der Waals surface area contributed by atoms with Crippen LogP contribution in [0.1, 0.15) is 46.5 Å². The SMILES string of the molecule is COC1=CCCC(N(C)CCOC(=O)C(C)(C)C)CC1. The average Bonchev–Trinajstić information content (AvgIpc) is 2.62. The molecule has 1 atom stereocenters. The van der Waals surface area contributed by atoms with Gasteiger partial charge in [0.05, 0.1) is 18.3 Å². The normalized spacial score (nSPS) is 20.3. The van der Waals surface area contributed by atoms with Gasteiger partial charge in [-0.05, 0) is 53.2 Å². The number of esters is 1. The van der Waals surface area contributed by atoms with E-state index < -0.39 is 5.41 Å². The van der Waals surface area contributed by atoms with Crippen LogP contribution in [0, 0.1) is 5.41 Å². The molecule has 1 unspecified atom stereocenters. The molecule has 0 aromatic rings. The molecule has 0 aromatic heterocycles. The molecule has 0 radical (unpaired) electrons. The van der Waals surface area contributed by atoms with Gasteiger partial charge in [-0.25, -0.2) is 0 Å². The third kappa shape index (κ3) is 5.53. The minimum absolute atomic E-state index is 0.130. The van der Waals surface area contributed by atoms with Crippen molar-refractivity contribution in [3.05, 3.63) is 11.8 Å². The zero-order chi connectivity index (χ0) is 15.2. The highest BCUT2D eigenvalue weighted by Gasteiger charge is 2.23. The molecule has 0 aromatic carbocycles. The van der Waals surface area contributed by atoms with Gasteiger partial charge in [0.2, 0.25) is 0 Å². The smallest absolute Gasteiger partial charge is 0.311 e. The number of rotatable bonds is 5. The Bertz CT molecular complexity index is 344. The van der Waals surface area contributed by atoms with Crippen LogP contribution in [0.3, 0.4) is 0 Å². The summed E-state index contributed by atoms with van der Waals surface area (Å²) < 4.78 is 10.6. The minimum Gasteiger partial charge on any atom is -0.501 e. The summed E-state index contributed by atoms with van der Waals surface area (Å²) in [6, 6.07) is 0.534. The lowest BCUT2D eigenvalue weighted by atomic mass is 9.97. The number of likely N-dealkylation sites (N-methyl/N-ethyl adjacent to an activating group) is 1. The fourth-order valence-electron chi connectivity index (χ4n) is 2.30. The van der Waals surface area contributed by atoms with Gasteiger partial charge in [0, 0.05) is 19.0 Å². The number of carbonyl (C=O) groups excluding carboxylic acids is 1. The van der Waals surface area contributed by atoms with Crippen LogP contribution in [0.4, 0.5) is 0 Å². The van der Waals surface area contributed by atoms with E-state index in [0.29, 0.717) is 12.6 Å². The van der Waals surface area contributed by atoms with Crippen LogP contribution in [0.15, 0.2) is 11.8 Å². The molecule has 0 spiro atoms. The maximum atomic E-state index is 11.7. The fourth-order valence-corrected chi connectivity index (χ4v) is 2.30. The van der Waals surface area contributed by atoms with E-state index in [1.54, 1.807) is 7.11 Å². The third-order valence-corrected chi connectivity index (χ3v) is 3.77. The number of hydrogen-bond donors (Lipinski definition) is 0. The van der Waals surface area contributed by atoms with Crippen molar-refractivity contribution >= 4 is 5.97 Å². The van der Waals surface area contributed by atoms with Gasteiger partial charge in [-0.15, -0.1) is 0 Å². The van der Waals surface area contributed by atoms with Crippen molar-refractivity contribution in [1.82, 2.24) is 4.90 Å². The van der Waals surface area contributed by atoms with Crippen LogP contribution < -0.4 is 0 Å². The maximum absolute atomic E-state index is 11.7. The lowest BCUT2D eigenvalue weighted by Crippen LogP contribution is -2.35. The van der Waals surface area contributed by atoms with Gasteiger partial charge < -0.3 is 14.4 Å². The number of nitrogens with zero attached hydrogens (tertiary/aromatic N) is 1. The highest BCUT2D eigenvalue weighted by Crippen LogP contribution is 2.21. The number of methoxy groups -OCH3 is 1. The van der Waals surface area contributed by atoms with Crippen molar-refractivity contribution in [2.45, 2.75) is 52.5 Å². The van der Waals surface area contributed by atoms with Gasteiger partial charge in [-0.1, -0.05) is 0 Å². The van der Waals surface area contributed by atoms with Crippen molar-refractivity contribution in [2.24, 2.45) is 5.41 Å². The van der Waals surface area contributed by atoms with Crippen molar-refractivity contribution in [3.8, 4) is 0 Å². The maximum Gasteiger partial charge on any atom is 0.311 e. The molecular weight excluding hydrogens is 254 g/mol. The van der Waals surface area contributed by atoms with Gasteiger partial charge in [0.1, 0.15) is 6.61 Å². The second-order valence-electron chi connectivity index (χ2n) is 6.51. The van der Waals surface area contributed by atoms with Crippen LogP contribution in [0.25, 0.3) is 0 Å². The van der Waals surface area contributed by atoms with Gasteiger partial charge >= 0.3 is 5.97 Å². The highest BCUT2D eigenvalue weighted by atomic mass is 16.5. The zero-order valence-electron chi connectivity index (χ0n) is 13.6. The molecule has 0 heterocycles. The molecule has 4 nitrogen and oxygen atoms in total. The van der Waals surface area contributed by atoms with Gasteiger partial charge in [0.15, 0.2) is 0 Å². The molecule has 1 rings (SSSR count). The lowest BCUT2D eigenvalue weighted by Gasteiger charge is -2.27. The zero-order valence-corrected chi connectivity index (χ0v) is 13.6. The standard InChI is InChI=1S/C16H29NO3/c1-16(2,3)15(18)20-12-11-17(4)13-7-6-8-14(19-5)10-9-13/h8,13H,6-7,9-12H2,1-5H3. The average molecular weight is 283 g/mol. The summed E-state index contributed by atoms with van der Waals surface area (Å²) in [6.45, 7) is 6.88. The Hall–Kier alpha value is -1.03. The Labute approximate surface area is 123 Å². The molecule has 20 heavy (non-hydrogen) atoms. The Morgan fingerprint density at radius 2 is 2.10 bits per heavy atom. The van der Waals surface area contributed by atoms with Crippen LogP contribution >= 0.6 is 0 Å². The van der Waals surface area contributed by atoms with E-state index in [4.69, 9.17) is 9.47 Å². The van der Waals surface area contributed by atoms with E-state index in [-0.39, 0.29) is 5.97 Å². The van der Waals surface area contributed by atoms with E-state index in [0.717, 1.165) is 38.0 Å². The second-order valence-corrected chi connectivity index (χ2v) is 6.51. The van der Waals surface area contributed by atoms with E-state index in [9.17, 15) is 4.79 Å². The first-order valence-electron chi connectivity index (χ1n) is 7.45. The molecule has 0 saturated heterocycles. The van der Waals surface area contributed by atoms with Gasteiger partial charge in [0.25, 0.3) is 0 Å². The lowest BCUT2D eigenvalue weighted by molar-refractivity contribution is -0.153. The van der Waals surface area contributed by atoms with E-state index in [1.807, 2.05) is 20.8 Å². The summed E-state index contributed by atoms with van der Waals surface area (Å²) in [5.41, 5.74) is -0.418. The van der Waals surface area contributed by atoms with Crippen LogP contribution in [0.5, 0.6) is 0 Å².